The first-order valence-corrected chi connectivity index (χ1v) is 17.1. The SMILES string of the molecule is N#CCCS(=O)(=O)c1ccc(N[PH](Cl)(Nc2ccc(S(=O)(=O)CCC#N)cc2)c2ccccc2)cc1. The molecule has 0 heterocycles. The molecule has 0 aromatic heterocycles. The molecule has 0 aliphatic carbocycles. The number of hydrogen-bond acceptors (Lipinski definition) is 8. The monoisotopic (exact) mass is 562 g/mol. The van der Waals surface area contributed by atoms with Crippen LogP contribution in [0, 0.1) is 22.7 Å². The van der Waals surface area contributed by atoms with Crippen LogP contribution in [0.4, 0.5) is 11.4 Å². The molecule has 0 radical (unpaired) electrons. The molecular formula is C24H24ClN4O4PS2. The second-order valence-corrected chi connectivity index (χ2v) is 16.1. The number of sulfone groups is 2. The van der Waals surface area contributed by atoms with Crippen molar-refractivity contribution in [3.63, 3.8) is 0 Å². The van der Waals surface area contributed by atoms with Gasteiger partial charge in [-0.2, -0.15) is 0 Å². The zero-order chi connectivity index (χ0) is 26.2. The van der Waals surface area contributed by atoms with Crippen molar-refractivity contribution in [2.75, 3.05) is 21.7 Å². The van der Waals surface area contributed by atoms with E-state index < -0.39 is 26.6 Å². The molecule has 0 saturated carbocycles. The second kappa shape index (κ2) is 11.7. The molecule has 0 spiro atoms. The Labute approximate surface area is 216 Å². The first-order valence-electron chi connectivity index (χ1n) is 10.8. The number of anilines is 2. The summed E-state index contributed by atoms with van der Waals surface area (Å²) in [7, 11) is -7.12. The minimum atomic E-state index is -3.56. The van der Waals surface area contributed by atoms with Crippen LogP contribution in [0.25, 0.3) is 0 Å². The summed E-state index contributed by atoms with van der Waals surface area (Å²) in [6.45, 7) is -3.19. The molecular weight excluding hydrogens is 539 g/mol. The molecule has 3 aromatic carbocycles. The van der Waals surface area contributed by atoms with Gasteiger partial charge in [0.05, 0.1) is 0 Å². The summed E-state index contributed by atoms with van der Waals surface area (Å²) in [5.74, 6) is -0.503. The van der Waals surface area contributed by atoms with Crippen LogP contribution in [0.1, 0.15) is 12.8 Å². The van der Waals surface area contributed by atoms with Gasteiger partial charge in [-0.25, -0.2) is 0 Å². The van der Waals surface area contributed by atoms with Gasteiger partial charge in [-0.3, -0.25) is 0 Å². The van der Waals surface area contributed by atoms with Gasteiger partial charge in [0.2, 0.25) is 0 Å². The van der Waals surface area contributed by atoms with Crippen LogP contribution in [0.5, 0.6) is 0 Å². The van der Waals surface area contributed by atoms with Crippen molar-refractivity contribution in [3.8, 4) is 12.1 Å². The van der Waals surface area contributed by atoms with Crippen molar-refractivity contribution < 1.29 is 16.8 Å². The van der Waals surface area contributed by atoms with Crippen LogP contribution in [0.15, 0.2) is 88.7 Å². The summed E-state index contributed by atoms with van der Waals surface area (Å²) in [5.41, 5.74) is 1.17. The summed E-state index contributed by atoms with van der Waals surface area (Å²) < 4.78 is 49.4. The van der Waals surface area contributed by atoms with E-state index in [2.05, 4.69) is 10.2 Å². The van der Waals surface area contributed by atoms with Crippen molar-refractivity contribution in [1.82, 2.24) is 0 Å². The van der Waals surface area contributed by atoms with Crippen LogP contribution in [-0.4, -0.2) is 28.3 Å². The van der Waals surface area contributed by atoms with E-state index in [9.17, 15) is 16.8 Å². The molecule has 0 unspecified atom stereocenters. The van der Waals surface area contributed by atoms with E-state index in [1.54, 1.807) is 24.3 Å². The van der Waals surface area contributed by atoms with Gasteiger partial charge in [0.1, 0.15) is 0 Å². The summed E-state index contributed by atoms with van der Waals surface area (Å²) in [4.78, 5) is 0.233. The Morgan fingerprint density at radius 3 is 1.42 bits per heavy atom. The average molecular weight is 563 g/mol. The molecule has 0 aliphatic rings. The number of nitrogens with one attached hydrogen (secondary N) is 2. The van der Waals surface area contributed by atoms with E-state index in [0.717, 1.165) is 5.30 Å². The molecule has 36 heavy (non-hydrogen) atoms. The van der Waals surface area contributed by atoms with Gasteiger partial charge in [-0.05, 0) is 0 Å². The number of hydrogen-bond donors (Lipinski definition) is 2. The van der Waals surface area contributed by atoms with Crippen LogP contribution >= 0.6 is 18.2 Å². The third-order valence-corrected chi connectivity index (χ3v) is 12.3. The van der Waals surface area contributed by atoms with E-state index in [1.807, 2.05) is 42.5 Å². The van der Waals surface area contributed by atoms with Gasteiger partial charge in [-0.15, -0.1) is 0 Å². The fourth-order valence-electron chi connectivity index (χ4n) is 3.33. The maximum absolute atomic E-state index is 12.3. The Morgan fingerprint density at radius 1 is 0.667 bits per heavy atom. The van der Waals surface area contributed by atoms with Gasteiger partial charge in [0.25, 0.3) is 0 Å². The number of benzene rings is 3. The molecule has 3 aromatic rings. The van der Waals surface area contributed by atoms with Crippen LogP contribution in [-0.2, 0) is 19.7 Å². The topological polar surface area (TPSA) is 140 Å². The quantitative estimate of drug-likeness (QED) is 0.322. The van der Waals surface area contributed by atoms with Crippen molar-refractivity contribution >= 4 is 54.5 Å². The number of halogens is 1. The zero-order valence-corrected chi connectivity index (χ0v) is 22.4. The Bertz CT molecular complexity index is 1390. The number of rotatable bonds is 11. The molecule has 0 aliphatic heterocycles. The van der Waals surface area contributed by atoms with Gasteiger partial charge in [0, 0.05) is 0 Å². The third-order valence-electron chi connectivity index (χ3n) is 5.20. The summed E-state index contributed by atoms with van der Waals surface area (Å²) >= 11 is 7.14. The van der Waals surface area contributed by atoms with Gasteiger partial charge >= 0.3 is 217 Å². The van der Waals surface area contributed by atoms with Crippen molar-refractivity contribution in [1.29, 1.82) is 10.5 Å². The first kappa shape index (κ1) is 27.4. The van der Waals surface area contributed by atoms with E-state index in [1.165, 1.54) is 24.3 Å². The van der Waals surface area contributed by atoms with Gasteiger partial charge in [-0.1, -0.05) is 0 Å². The molecule has 2 N–H and O–H groups in total. The number of nitriles is 2. The van der Waals surface area contributed by atoms with Crippen molar-refractivity contribution in [2.45, 2.75) is 22.6 Å². The molecule has 0 amide bonds. The molecule has 12 heteroatoms. The standard InChI is InChI=1S/C24H24ClN4O4PS2/c25-34(22-6-2-1-3-7-22,28-20-8-12-23(13-9-20)35(30,31)18-4-16-26)29-21-10-14-24(15-11-21)36(32,33)19-5-17-27/h1-3,6-15,28-29,34H,4-5,18-19H2. The van der Waals surface area contributed by atoms with Crippen LogP contribution < -0.4 is 15.5 Å². The summed E-state index contributed by atoms with van der Waals surface area (Å²) in [5, 5.41) is 24.8. The number of nitrogens with zero attached hydrogens (tertiary/aromatic N) is 2. The fraction of sp³-hybridized carbons (Fsp3) is 0.167. The molecule has 0 fully saturated rings. The van der Waals surface area contributed by atoms with Gasteiger partial charge < -0.3 is 0 Å². The van der Waals surface area contributed by atoms with Gasteiger partial charge in [0.15, 0.2) is 0 Å². The first-order chi connectivity index (χ1) is 17.1. The van der Waals surface area contributed by atoms with Crippen LogP contribution in [0.3, 0.4) is 0 Å². The average Bonchev–Trinajstić information content (AvgIpc) is 2.87. The second-order valence-electron chi connectivity index (χ2n) is 7.78. The molecule has 0 bridgehead atoms. The Hall–Kier alpha value is -3.14. The normalized spacial score (nSPS) is 12.2. The van der Waals surface area contributed by atoms with E-state index in [-0.39, 0.29) is 34.1 Å². The molecule has 0 saturated heterocycles. The molecule has 0 atom stereocenters. The molecule has 3 rings (SSSR count). The fourth-order valence-corrected chi connectivity index (χ4v) is 8.79. The summed E-state index contributed by atoms with van der Waals surface area (Å²) in [6.07, 6.45) is -0.174. The molecule has 8 nitrogen and oxygen atoms in total. The van der Waals surface area contributed by atoms with Crippen LogP contribution in [0.2, 0.25) is 0 Å². The Kier molecular flexibility index (Phi) is 8.94. The van der Waals surface area contributed by atoms with E-state index >= 15 is 0 Å². The Morgan fingerprint density at radius 2 is 1.06 bits per heavy atom. The Balaban J connectivity index is 1.87. The minimum absolute atomic E-state index is 0.0869. The molecule has 188 valence electrons. The third kappa shape index (κ3) is 6.96. The predicted octanol–water partition coefficient (Wildman–Crippen LogP) is 4.64. The van der Waals surface area contributed by atoms with E-state index in [0.29, 0.717) is 11.4 Å². The predicted molar refractivity (Wildman–Crippen MR) is 145 cm³/mol. The maximum atomic E-state index is 12.3. The van der Waals surface area contributed by atoms with E-state index in [4.69, 9.17) is 21.8 Å². The van der Waals surface area contributed by atoms with Crippen molar-refractivity contribution in [2.24, 2.45) is 0 Å². The van der Waals surface area contributed by atoms with Crippen molar-refractivity contribution in [3.05, 3.63) is 78.9 Å². The summed E-state index contributed by atoms with van der Waals surface area (Å²) in [6, 6.07) is 25.3. The zero-order valence-electron chi connectivity index (χ0n) is 19.1.